The lowest BCUT2D eigenvalue weighted by Crippen LogP contribution is -2.38. The van der Waals surface area contributed by atoms with Crippen molar-refractivity contribution in [3.05, 3.63) is 0 Å². The number of amidine groups is 1. The predicted octanol–water partition coefficient (Wildman–Crippen LogP) is 4.21. The zero-order valence-corrected chi connectivity index (χ0v) is 12.5. The molecule has 2 nitrogen and oxygen atoms in total. The number of unbranched alkanes of at least 4 members (excludes halogenated alkanes) is 5. The van der Waals surface area contributed by atoms with Crippen LogP contribution in [-0.4, -0.2) is 23.0 Å². The lowest BCUT2D eigenvalue weighted by molar-refractivity contribution is 0.593. The van der Waals surface area contributed by atoms with Gasteiger partial charge in [-0.3, -0.25) is 4.99 Å². The van der Waals surface area contributed by atoms with Crippen LogP contribution in [0.4, 0.5) is 0 Å². The van der Waals surface area contributed by atoms with Crippen molar-refractivity contribution in [3.63, 3.8) is 0 Å². The van der Waals surface area contributed by atoms with Crippen LogP contribution >= 0.6 is 11.8 Å². The van der Waals surface area contributed by atoms with Gasteiger partial charge in [0.05, 0.1) is 0 Å². The summed E-state index contributed by atoms with van der Waals surface area (Å²) in [4.78, 5) is 4.67. The highest BCUT2D eigenvalue weighted by Gasteiger charge is 2.19. The molecule has 0 aromatic heterocycles. The van der Waals surface area contributed by atoms with Crippen LogP contribution in [0, 0.1) is 0 Å². The maximum Gasteiger partial charge on any atom is 0.157 e. The first-order valence-corrected chi connectivity index (χ1v) is 8.08. The Kier molecular flexibility index (Phi) is 7.74. The lowest BCUT2D eigenvalue weighted by Gasteiger charge is -2.26. The van der Waals surface area contributed by atoms with Crippen LogP contribution in [0.5, 0.6) is 0 Å². The van der Waals surface area contributed by atoms with E-state index in [2.05, 4.69) is 31.1 Å². The van der Waals surface area contributed by atoms with E-state index in [1.54, 1.807) is 0 Å². The second-order valence-electron chi connectivity index (χ2n) is 5.16. The molecule has 2 unspecified atom stereocenters. The number of rotatable bonds is 7. The van der Waals surface area contributed by atoms with Crippen LogP contribution in [0.15, 0.2) is 4.99 Å². The molecule has 1 fully saturated rings. The Hall–Kier alpha value is -0.180. The molecule has 0 spiro atoms. The summed E-state index contributed by atoms with van der Waals surface area (Å²) in [6.45, 7) is 7.81. The van der Waals surface area contributed by atoms with Crippen LogP contribution in [0.1, 0.15) is 65.7 Å². The van der Waals surface area contributed by atoms with E-state index in [4.69, 9.17) is 0 Å². The molecule has 0 radical (unpaired) electrons. The van der Waals surface area contributed by atoms with Gasteiger partial charge in [0, 0.05) is 17.8 Å². The number of thioether (sulfide) groups is 1. The normalized spacial score (nSPS) is 27.1. The zero-order chi connectivity index (χ0) is 12.5. The third-order valence-electron chi connectivity index (χ3n) is 3.14. The fourth-order valence-electron chi connectivity index (χ4n) is 2.20. The number of aliphatic imine (C=N–C) groups is 1. The van der Waals surface area contributed by atoms with Gasteiger partial charge in [-0.1, -0.05) is 57.7 Å². The molecule has 3 heteroatoms. The van der Waals surface area contributed by atoms with E-state index in [9.17, 15) is 0 Å². The Morgan fingerprint density at radius 1 is 1.18 bits per heavy atom. The molecule has 1 N–H and O–H groups in total. The summed E-state index contributed by atoms with van der Waals surface area (Å²) < 4.78 is 0. The van der Waals surface area contributed by atoms with Gasteiger partial charge in [-0.15, -0.1) is 0 Å². The maximum absolute atomic E-state index is 4.67. The summed E-state index contributed by atoms with van der Waals surface area (Å²) in [5, 5.41) is 5.36. The number of nitrogens with one attached hydrogen (secondary N) is 1. The molecule has 1 heterocycles. The predicted molar refractivity (Wildman–Crippen MR) is 79.9 cm³/mol. The van der Waals surface area contributed by atoms with E-state index in [0.717, 1.165) is 11.8 Å². The highest BCUT2D eigenvalue weighted by atomic mass is 32.2. The van der Waals surface area contributed by atoms with E-state index in [1.807, 2.05) is 11.8 Å². The van der Waals surface area contributed by atoms with E-state index >= 15 is 0 Å². The molecule has 0 saturated carbocycles. The molecule has 0 aromatic rings. The minimum Gasteiger partial charge on any atom is -0.362 e. The number of nitrogens with zero attached hydrogens (tertiary/aromatic N) is 1. The summed E-state index contributed by atoms with van der Waals surface area (Å²) in [6, 6.07) is 0.592. The van der Waals surface area contributed by atoms with Crippen LogP contribution in [0.25, 0.3) is 0 Å². The Balaban J connectivity index is 2.07. The van der Waals surface area contributed by atoms with Gasteiger partial charge in [-0.2, -0.15) is 0 Å². The van der Waals surface area contributed by atoms with Gasteiger partial charge in [0.15, 0.2) is 5.17 Å². The molecule has 0 aliphatic carbocycles. The first kappa shape index (κ1) is 14.9. The summed E-state index contributed by atoms with van der Waals surface area (Å²) >= 11 is 1.90. The van der Waals surface area contributed by atoms with Crippen LogP contribution in [0.3, 0.4) is 0 Å². The van der Waals surface area contributed by atoms with Crippen molar-refractivity contribution in [2.45, 2.75) is 77.0 Å². The molecule has 0 amide bonds. The third-order valence-corrected chi connectivity index (χ3v) is 4.20. The third kappa shape index (κ3) is 6.97. The van der Waals surface area contributed by atoms with Crippen LogP contribution in [0.2, 0.25) is 0 Å². The van der Waals surface area contributed by atoms with Crippen LogP contribution in [-0.2, 0) is 0 Å². The van der Waals surface area contributed by atoms with Gasteiger partial charge in [0.1, 0.15) is 0 Å². The van der Waals surface area contributed by atoms with E-state index in [1.165, 1.54) is 50.1 Å². The first-order chi connectivity index (χ1) is 8.22. The molecule has 0 aromatic carbocycles. The minimum atomic E-state index is 0.592. The van der Waals surface area contributed by atoms with Crippen molar-refractivity contribution < 1.29 is 0 Å². The van der Waals surface area contributed by atoms with Gasteiger partial charge in [-0.25, -0.2) is 0 Å². The molecular weight excluding hydrogens is 228 g/mol. The second kappa shape index (κ2) is 8.84. The highest BCUT2D eigenvalue weighted by molar-refractivity contribution is 8.14. The Morgan fingerprint density at radius 2 is 1.88 bits per heavy atom. The quantitative estimate of drug-likeness (QED) is 0.690. The van der Waals surface area contributed by atoms with E-state index in [0.29, 0.717) is 6.04 Å². The molecule has 100 valence electrons. The Morgan fingerprint density at radius 3 is 2.59 bits per heavy atom. The minimum absolute atomic E-state index is 0.592. The molecule has 17 heavy (non-hydrogen) atoms. The maximum atomic E-state index is 4.67. The van der Waals surface area contributed by atoms with Crippen LogP contribution < -0.4 is 5.32 Å². The van der Waals surface area contributed by atoms with Gasteiger partial charge in [0.2, 0.25) is 0 Å². The van der Waals surface area contributed by atoms with Gasteiger partial charge < -0.3 is 5.32 Å². The average molecular weight is 256 g/mol. The standard InChI is InChI=1S/C14H28N2S/c1-4-5-6-7-8-9-10-15-14-16-12(2)11-13(3)17-14/h12-13H,4-11H2,1-3H3,(H,15,16). The average Bonchev–Trinajstić information content (AvgIpc) is 2.26. The van der Waals surface area contributed by atoms with Gasteiger partial charge in [-0.05, 0) is 19.8 Å². The fraction of sp³-hybridized carbons (Fsp3) is 0.929. The molecule has 1 rings (SSSR count). The first-order valence-electron chi connectivity index (χ1n) is 7.20. The van der Waals surface area contributed by atoms with Crippen molar-refractivity contribution >= 4 is 16.9 Å². The van der Waals surface area contributed by atoms with Crippen molar-refractivity contribution in [3.8, 4) is 0 Å². The Labute approximate surface area is 111 Å². The van der Waals surface area contributed by atoms with E-state index in [-0.39, 0.29) is 0 Å². The highest BCUT2D eigenvalue weighted by Crippen LogP contribution is 2.22. The summed E-state index contributed by atoms with van der Waals surface area (Å²) in [5.41, 5.74) is 0. The van der Waals surface area contributed by atoms with Crippen molar-refractivity contribution in [2.24, 2.45) is 4.99 Å². The molecule has 0 bridgehead atoms. The summed E-state index contributed by atoms with van der Waals surface area (Å²) in [6.07, 6.45) is 9.34. The smallest absolute Gasteiger partial charge is 0.157 e. The monoisotopic (exact) mass is 256 g/mol. The second-order valence-corrected chi connectivity index (χ2v) is 6.59. The number of hydrogen-bond donors (Lipinski definition) is 1. The summed E-state index contributed by atoms with van der Waals surface area (Å²) in [5.74, 6) is 0. The van der Waals surface area contributed by atoms with Gasteiger partial charge in [0.25, 0.3) is 0 Å². The lowest BCUT2D eigenvalue weighted by atomic mass is 10.1. The van der Waals surface area contributed by atoms with Crippen molar-refractivity contribution in [1.29, 1.82) is 0 Å². The Bertz CT molecular complexity index is 216. The van der Waals surface area contributed by atoms with E-state index < -0.39 is 0 Å². The van der Waals surface area contributed by atoms with Crippen molar-refractivity contribution in [2.75, 3.05) is 6.54 Å². The molecule has 1 aliphatic rings. The largest absolute Gasteiger partial charge is 0.362 e. The zero-order valence-electron chi connectivity index (χ0n) is 11.7. The molecule has 1 aliphatic heterocycles. The SMILES string of the molecule is CCCCCCCCN=C1NC(C)CC(C)S1. The molecule has 1 saturated heterocycles. The number of hydrogen-bond acceptors (Lipinski definition) is 2. The molecule has 2 atom stereocenters. The van der Waals surface area contributed by atoms with Gasteiger partial charge >= 0.3 is 0 Å². The van der Waals surface area contributed by atoms with Crippen molar-refractivity contribution in [1.82, 2.24) is 5.32 Å². The molecular formula is C14H28N2S. The topological polar surface area (TPSA) is 24.4 Å². The summed E-state index contributed by atoms with van der Waals surface area (Å²) in [7, 11) is 0. The fourth-order valence-corrected chi connectivity index (χ4v) is 3.40.